The quantitative estimate of drug-likeness (QED) is 0.734. The van der Waals surface area contributed by atoms with Crippen molar-refractivity contribution in [1.82, 2.24) is 4.90 Å². The summed E-state index contributed by atoms with van der Waals surface area (Å²) < 4.78 is 11.2. The third-order valence-electron chi connectivity index (χ3n) is 4.70. The van der Waals surface area contributed by atoms with Crippen molar-refractivity contribution in [3.8, 4) is 6.07 Å². The molecule has 0 bridgehead atoms. The Kier molecular flexibility index (Phi) is 6.89. The van der Waals surface area contributed by atoms with Crippen LogP contribution < -0.4 is 5.32 Å². The summed E-state index contributed by atoms with van der Waals surface area (Å²) in [6, 6.07) is 13.1. The van der Waals surface area contributed by atoms with Crippen molar-refractivity contribution in [3.63, 3.8) is 0 Å². The minimum atomic E-state index is -0.253. The summed E-state index contributed by atoms with van der Waals surface area (Å²) in [5, 5.41) is 11.7. The summed E-state index contributed by atoms with van der Waals surface area (Å²) in [6.07, 6.45) is 7.06. The van der Waals surface area contributed by atoms with Crippen molar-refractivity contribution in [2.45, 2.75) is 51.4 Å². The number of carbonyl (C=O) groups is 1. The van der Waals surface area contributed by atoms with Crippen LogP contribution in [0.15, 0.2) is 47.1 Å². The maximum Gasteiger partial charge on any atom is 0.322 e. The van der Waals surface area contributed by atoms with E-state index in [2.05, 4.69) is 11.4 Å². The predicted octanol–water partition coefficient (Wildman–Crippen LogP) is 4.69. The number of furan rings is 1. The van der Waals surface area contributed by atoms with Gasteiger partial charge in [0.2, 0.25) is 0 Å². The number of nitriles is 1. The molecule has 27 heavy (non-hydrogen) atoms. The SMILES string of the molecule is N#CCCN(Cc1ccco1)C(=O)Nc1ccc(COC2CCCC2)cc1. The Bertz CT molecular complexity index is 744. The van der Waals surface area contributed by atoms with Gasteiger partial charge in [0, 0.05) is 12.2 Å². The number of amides is 2. The van der Waals surface area contributed by atoms with Crippen molar-refractivity contribution in [2.24, 2.45) is 0 Å². The van der Waals surface area contributed by atoms with E-state index in [9.17, 15) is 4.79 Å². The molecule has 1 aliphatic carbocycles. The molecule has 6 nitrogen and oxygen atoms in total. The zero-order valence-corrected chi connectivity index (χ0v) is 15.4. The number of hydrogen-bond acceptors (Lipinski definition) is 4. The van der Waals surface area contributed by atoms with Crippen LogP contribution >= 0.6 is 0 Å². The highest BCUT2D eigenvalue weighted by Crippen LogP contribution is 2.22. The summed E-state index contributed by atoms with van der Waals surface area (Å²) in [5.74, 6) is 0.683. The second-order valence-electron chi connectivity index (χ2n) is 6.75. The molecule has 1 saturated carbocycles. The largest absolute Gasteiger partial charge is 0.467 e. The molecule has 2 amide bonds. The molecular formula is C21H25N3O3. The van der Waals surface area contributed by atoms with E-state index in [-0.39, 0.29) is 12.5 Å². The Balaban J connectivity index is 1.53. The van der Waals surface area contributed by atoms with E-state index in [1.54, 1.807) is 17.2 Å². The Morgan fingerprint density at radius 1 is 1.26 bits per heavy atom. The van der Waals surface area contributed by atoms with E-state index in [0.29, 0.717) is 37.2 Å². The highest BCUT2D eigenvalue weighted by atomic mass is 16.5. The van der Waals surface area contributed by atoms with Gasteiger partial charge >= 0.3 is 6.03 Å². The zero-order valence-electron chi connectivity index (χ0n) is 15.4. The Labute approximate surface area is 159 Å². The molecule has 0 saturated heterocycles. The van der Waals surface area contributed by atoms with Gasteiger partial charge in [-0.25, -0.2) is 4.79 Å². The molecule has 1 aromatic carbocycles. The minimum Gasteiger partial charge on any atom is -0.467 e. The number of carbonyl (C=O) groups excluding carboxylic acids is 1. The summed E-state index contributed by atoms with van der Waals surface area (Å²) >= 11 is 0. The molecule has 3 rings (SSSR count). The van der Waals surface area contributed by atoms with E-state index in [0.717, 1.165) is 18.4 Å². The van der Waals surface area contributed by atoms with Crippen LogP contribution in [0.2, 0.25) is 0 Å². The fraction of sp³-hybridized carbons (Fsp3) is 0.429. The number of ether oxygens (including phenoxy) is 1. The van der Waals surface area contributed by atoms with E-state index in [4.69, 9.17) is 14.4 Å². The number of rotatable bonds is 8. The first-order chi connectivity index (χ1) is 13.2. The van der Waals surface area contributed by atoms with Crippen LogP contribution in [0.5, 0.6) is 0 Å². The number of anilines is 1. The van der Waals surface area contributed by atoms with Crippen molar-refractivity contribution in [3.05, 3.63) is 54.0 Å². The molecule has 0 spiro atoms. The third kappa shape index (κ3) is 5.87. The van der Waals surface area contributed by atoms with Crippen molar-refractivity contribution in [2.75, 3.05) is 11.9 Å². The van der Waals surface area contributed by atoms with Gasteiger partial charge in [0.15, 0.2) is 0 Å². The van der Waals surface area contributed by atoms with Gasteiger partial charge in [0.1, 0.15) is 5.76 Å². The second kappa shape index (κ2) is 9.79. The third-order valence-corrected chi connectivity index (χ3v) is 4.70. The molecule has 1 aromatic heterocycles. The number of nitrogens with zero attached hydrogens (tertiary/aromatic N) is 2. The van der Waals surface area contributed by atoms with Gasteiger partial charge in [-0.3, -0.25) is 0 Å². The van der Waals surface area contributed by atoms with E-state index < -0.39 is 0 Å². The van der Waals surface area contributed by atoms with Crippen LogP contribution in [0, 0.1) is 11.3 Å². The smallest absolute Gasteiger partial charge is 0.322 e. The maximum absolute atomic E-state index is 12.6. The minimum absolute atomic E-state index is 0.253. The van der Waals surface area contributed by atoms with Crippen molar-refractivity contribution < 1.29 is 13.9 Å². The molecule has 1 heterocycles. The summed E-state index contributed by atoms with van der Waals surface area (Å²) in [5.41, 5.74) is 1.81. The van der Waals surface area contributed by atoms with Gasteiger partial charge in [-0.1, -0.05) is 25.0 Å². The maximum atomic E-state index is 12.6. The molecule has 0 atom stereocenters. The lowest BCUT2D eigenvalue weighted by molar-refractivity contribution is 0.0457. The van der Waals surface area contributed by atoms with Gasteiger partial charge in [0.25, 0.3) is 0 Å². The topological polar surface area (TPSA) is 78.5 Å². The van der Waals surface area contributed by atoms with Gasteiger partial charge in [0.05, 0.1) is 38.0 Å². The summed E-state index contributed by atoms with van der Waals surface area (Å²) in [4.78, 5) is 14.1. The van der Waals surface area contributed by atoms with E-state index in [1.807, 2.05) is 30.3 Å². The first-order valence-corrected chi connectivity index (χ1v) is 9.40. The number of benzene rings is 1. The fourth-order valence-electron chi connectivity index (χ4n) is 3.18. The number of nitrogens with one attached hydrogen (secondary N) is 1. The molecule has 142 valence electrons. The van der Waals surface area contributed by atoms with Crippen molar-refractivity contribution in [1.29, 1.82) is 5.26 Å². The molecule has 1 fully saturated rings. The first kappa shape index (κ1) is 19.0. The molecule has 1 N–H and O–H groups in total. The monoisotopic (exact) mass is 367 g/mol. The highest BCUT2D eigenvalue weighted by Gasteiger charge is 2.16. The normalized spacial score (nSPS) is 14.0. The van der Waals surface area contributed by atoms with E-state index >= 15 is 0 Å². The molecule has 6 heteroatoms. The van der Waals surface area contributed by atoms with Crippen LogP contribution in [-0.4, -0.2) is 23.6 Å². The Hall–Kier alpha value is -2.78. The molecule has 1 aliphatic rings. The van der Waals surface area contributed by atoms with Gasteiger partial charge < -0.3 is 19.4 Å². The zero-order chi connectivity index (χ0) is 18.9. The fourth-order valence-corrected chi connectivity index (χ4v) is 3.18. The summed E-state index contributed by atoms with van der Waals surface area (Å²) in [7, 11) is 0. The number of urea groups is 1. The average molecular weight is 367 g/mol. The second-order valence-corrected chi connectivity index (χ2v) is 6.75. The Morgan fingerprint density at radius 2 is 2.04 bits per heavy atom. The first-order valence-electron chi connectivity index (χ1n) is 9.40. The van der Waals surface area contributed by atoms with Crippen molar-refractivity contribution >= 4 is 11.7 Å². The van der Waals surface area contributed by atoms with Gasteiger partial charge in [-0.05, 0) is 42.7 Å². The number of hydrogen-bond donors (Lipinski definition) is 1. The Morgan fingerprint density at radius 3 is 2.70 bits per heavy atom. The van der Waals surface area contributed by atoms with Crippen LogP contribution in [0.1, 0.15) is 43.4 Å². The standard InChI is InChI=1S/C21H25N3O3/c22-12-4-13-24(15-20-7-3-14-26-20)21(25)23-18-10-8-17(9-11-18)16-27-19-5-1-2-6-19/h3,7-11,14,19H,1-2,4-6,13,15-16H2,(H,23,25). The van der Waals surface area contributed by atoms with E-state index in [1.165, 1.54) is 12.8 Å². The van der Waals surface area contributed by atoms with Crippen LogP contribution in [0.3, 0.4) is 0 Å². The van der Waals surface area contributed by atoms with Crippen LogP contribution in [0.4, 0.5) is 10.5 Å². The van der Waals surface area contributed by atoms with Gasteiger partial charge in [-0.15, -0.1) is 0 Å². The molecule has 0 unspecified atom stereocenters. The lowest BCUT2D eigenvalue weighted by Gasteiger charge is -2.21. The highest BCUT2D eigenvalue weighted by molar-refractivity contribution is 5.89. The lowest BCUT2D eigenvalue weighted by atomic mass is 10.2. The average Bonchev–Trinajstić information content (AvgIpc) is 3.38. The van der Waals surface area contributed by atoms with Gasteiger partial charge in [-0.2, -0.15) is 5.26 Å². The molecule has 0 aliphatic heterocycles. The molecule has 2 aromatic rings. The van der Waals surface area contributed by atoms with Crippen LogP contribution in [-0.2, 0) is 17.9 Å². The summed E-state index contributed by atoms with van der Waals surface area (Å²) in [6.45, 7) is 1.27. The van der Waals surface area contributed by atoms with Crippen LogP contribution in [0.25, 0.3) is 0 Å². The molecular weight excluding hydrogens is 342 g/mol. The lowest BCUT2D eigenvalue weighted by Crippen LogP contribution is -2.35. The molecule has 0 radical (unpaired) electrons. The predicted molar refractivity (Wildman–Crippen MR) is 102 cm³/mol.